The van der Waals surface area contributed by atoms with Crippen LogP contribution in [0.3, 0.4) is 0 Å². The standard InChI is InChI=1S/C21H32N4O6/c1-13(2)20(30)14(3)24-21(31)15(4)23-17(27)8-6-5-7-16(26)22-11-12-25-18(28)9-10-19(25)29/h9-10,13-15H,5-8,11-12H2,1-4H3,(H,22,26)(H,23,27)(H,24,31)/t14-,15-/m0/s1. The van der Waals surface area contributed by atoms with E-state index in [1.165, 1.54) is 12.2 Å². The van der Waals surface area contributed by atoms with Crippen molar-refractivity contribution in [3.63, 3.8) is 0 Å². The Labute approximate surface area is 182 Å². The lowest BCUT2D eigenvalue weighted by Gasteiger charge is -2.19. The number of unbranched alkanes of at least 4 members (excludes halogenated alkanes) is 1. The number of carbonyl (C=O) groups excluding carboxylic acids is 6. The fourth-order valence-corrected chi connectivity index (χ4v) is 2.91. The zero-order valence-electron chi connectivity index (χ0n) is 18.5. The van der Waals surface area contributed by atoms with E-state index in [0.717, 1.165) is 4.90 Å². The molecule has 0 aromatic rings. The molecule has 31 heavy (non-hydrogen) atoms. The Morgan fingerprint density at radius 2 is 1.39 bits per heavy atom. The van der Waals surface area contributed by atoms with Gasteiger partial charge in [0.2, 0.25) is 17.7 Å². The molecule has 0 saturated carbocycles. The summed E-state index contributed by atoms with van der Waals surface area (Å²) in [6.45, 7) is 6.94. The molecule has 0 unspecified atom stereocenters. The van der Waals surface area contributed by atoms with Crippen LogP contribution in [0.15, 0.2) is 12.2 Å². The molecule has 10 heteroatoms. The van der Waals surface area contributed by atoms with Crippen LogP contribution in [0.2, 0.25) is 0 Å². The topological polar surface area (TPSA) is 142 Å². The van der Waals surface area contributed by atoms with E-state index in [1.807, 2.05) is 0 Å². The minimum Gasteiger partial charge on any atom is -0.354 e. The summed E-state index contributed by atoms with van der Waals surface area (Å²) in [5, 5.41) is 7.79. The zero-order chi connectivity index (χ0) is 23.6. The fourth-order valence-electron chi connectivity index (χ4n) is 2.91. The Morgan fingerprint density at radius 3 is 1.94 bits per heavy atom. The Kier molecular flexibility index (Phi) is 10.6. The van der Waals surface area contributed by atoms with Gasteiger partial charge in [0.1, 0.15) is 6.04 Å². The van der Waals surface area contributed by atoms with E-state index in [4.69, 9.17) is 0 Å². The van der Waals surface area contributed by atoms with E-state index in [9.17, 15) is 28.8 Å². The number of rotatable bonds is 13. The summed E-state index contributed by atoms with van der Waals surface area (Å²) in [5.74, 6) is -2.05. The molecule has 0 radical (unpaired) electrons. The maximum absolute atomic E-state index is 12.1. The van der Waals surface area contributed by atoms with Gasteiger partial charge >= 0.3 is 0 Å². The first-order chi connectivity index (χ1) is 14.5. The van der Waals surface area contributed by atoms with Crippen LogP contribution in [-0.4, -0.2) is 65.4 Å². The van der Waals surface area contributed by atoms with Crippen molar-refractivity contribution in [2.24, 2.45) is 5.92 Å². The average Bonchev–Trinajstić information content (AvgIpc) is 3.02. The maximum atomic E-state index is 12.1. The molecular weight excluding hydrogens is 404 g/mol. The van der Waals surface area contributed by atoms with Crippen molar-refractivity contribution >= 4 is 35.3 Å². The number of Topliss-reactive ketones (excluding diaryl/α,β-unsaturated/α-hetero) is 1. The molecule has 1 rings (SSSR count). The fraction of sp³-hybridized carbons (Fsp3) is 0.619. The van der Waals surface area contributed by atoms with Crippen LogP contribution in [-0.2, 0) is 28.8 Å². The van der Waals surface area contributed by atoms with Crippen LogP contribution >= 0.6 is 0 Å². The van der Waals surface area contributed by atoms with Crippen LogP contribution in [0, 0.1) is 5.92 Å². The molecule has 5 amide bonds. The maximum Gasteiger partial charge on any atom is 0.253 e. The lowest BCUT2D eigenvalue weighted by atomic mass is 10.0. The van der Waals surface area contributed by atoms with Gasteiger partial charge in [-0.15, -0.1) is 0 Å². The number of nitrogens with one attached hydrogen (secondary N) is 3. The van der Waals surface area contributed by atoms with Crippen LogP contribution < -0.4 is 16.0 Å². The molecule has 3 N–H and O–H groups in total. The molecule has 0 aliphatic carbocycles. The third-order valence-electron chi connectivity index (χ3n) is 4.74. The minimum absolute atomic E-state index is 0.0829. The van der Waals surface area contributed by atoms with Gasteiger partial charge in [0.05, 0.1) is 6.04 Å². The monoisotopic (exact) mass is 436 g/mol. The highest BCUT2D eigenvalue weighted by Gasteiger charge is 2.23. The Balaban J connectivity index is 2.17. The SMILES string of the molecule is CC(C)C(=O)[C@H](C)NC(=O)[C@H](C)NC(=O)CCCCC(=O)NCCN1C(=O)C=CC1=O. The second kappa shape index (κ2) is 12.6. The van der Waals surface area contributed by atoms with E-state index < -0.39 is 29.8 Å². The molecule has 0 saturated heterocycles. The van der Waals surface area contributed by atoms with Crippen molar-refractivity contribution < 1.29 is 28.8 Å². The van der Waals surface area contributed by atoms with E-state index in [0.29, 0.717) is 12.8 Å². The molecule has 1 aliphatic heterocycles. The normalized spacial score (nSPS) is 15.1. The van der Waals surface area contributed by atoms with Gasteiger partial charge in [-0.2, -0.15) is 0 Å². The minimum atomic E-state index is -0.774. The first-order valence-corrected chi connectivity index (χ1v) is 10.5. The van der Waals surface area contributed by atoms with Gasteiger partial charge in [-0.05, 0) is 26.7 Å². The number of hydrogen-bond acceptors (Lipinski definition) is 6. The number of nitrogens with zero attached hydrogens (tertiary/aromatic N) is 1. The summed E-state index contributed by atoms with van der Waals surface area (Å²) in [4.78, 5) is 71.5. The summed E-state index contributed by atoms with van der Waals surface area (Å²) in [6, 6.07) is -1.40. The van der Waals surface area contributed by atoms with E-state index in [-0.39, 0.29) is 49.4 Å². The number of ketones is 1. The Morgan fingerprint density at radius 1 is 0.839 bits per heavy atom. The molecule has 172 valence electrons. The first-order valence-electron chi connectivity index (χ1n) is 10.5. The summed E-state index contributed by atoms with van der Waals surface area (Å²) in [6.07, 6.45) is 3.68. The quantitative estimate of drug-likeness (QED) is 0.270. The summed E-state index contributed by atoms with van der Waals surface area (Å²) in [7, 11) is 0. The van der Waals surface area contributed by atoms with Gasteiger partial charge in [-0.1, -0.05) is 13.8 Å². The van der Waals surface area contributed by atoms with Gasteiger partial charge in [-0.3, -0.25) is 33.7 Å². The number of hydrogen-bond donors (Lipinski definition) is 3. The van der Waals surface area contributed by atoms with Gasteiger partial charge in [0.15, 0.2) is 5.78 Å². The highest BCUT2D eigenvalue weighted by atomic mass is 16.2. The second-order valence-corrected chi connectivity index (χ2v) is 7.80. The summed E-state index contributed by atoms with van der Waals surface area (Å²) < 4.78 is 0. The lowest BCUT2D eigenvalue weighted by Crippen LogP contribution is -2.50. The molecule has 0 aromatic carbocycles. The Bertz CT molecular complexity index is 728. The van der Waals surface area contributed by atoms with Gasteiger partial charge in [-0.25, -0.2) is 0 Å². The van der Waals surface area contributed by atoms with Crippen molar-refractivity contribution in [3.05, 3.63) is 12.2 Å². The van der Waals surface area contributed by atoms with Crippen LogP contribution in [0.4, 0.5) is 0 Å². The zero-order valence-corrected chi connectivity index (χ0v) is 18.5. The predicted octanol–water partition coefficient (Wildman–Crippen LogP) is -0.177. The van der Waals surface area contributed by atoms with Gasteiger partial charge in [0, 0.05) is 44.0 Å². The number of amides is 5. The van der Waals surface area contributed by atoms with Crippen molar-refractivity contribution in [3.8, 4) is 0 Å². The van der Waals surface area contributed by atoms with Gasteiger partial charge < -0.3 is 16.0 Å². The first kappa shape index (κ1) is 26.0. The average molecular weight is 437 g/mol. The van der Waals surface area contributed by atoms with Crippen molar-refractivity contribution in [2.75, 3.05) is 13.1 Å². The molecule has 10 nitrogen and oxygen atoms in total. The summed E-state index contributed by atoms with van der Waals surface area (Å²) >= 11 is 0. The van der Waals surface area contributed by atoms with Crippen LogP contribution in [0.1, 0.15) is 53.4 Å². The molecular formula is C21H32N4O6. The van der Waals surface area contributed by atoms with E-state index >= 15 is 0 Å². The van der Waals surface area contributed by atoms with E-state index in [2.05, 4.69) is 16.0 Å². The van der Waals surface area contributed by atoms with E-state index in [1.54, 1.807) is 27.7 Å². The highest BCUT2D eigenvalue weighted by Crippen LogP contribution is 2.03. The van der Waals surface area contributed by atoms with Crippen LogP contribution in [0.5, 0.6) is 0 Å². The third kappa shape index (κ3) is 9.10. The molecule has 0 bridgehead atoms. The third-order valence-corrected chi connectivity index (χ3v) is 4.74. The lowest BCUT2D eigenvalue weighted by molar-refractivity contribution is -0.137. The van der Waals surface area contributed by atoms with Crippen molar-refractivity contribution in [1.29, 1.82) is 0 Å². The predicted molar refractivity (Wildman–Crippen MR) is 112 cm³/mol. The largest absolute Gasteiger partial charge is 0.354 e. The van der Waals surface area contributed by atoms with Crippen molar-refractivity contribution in [2.45, 2.75) is 65.5 Å². The number of carbonyl (C=O) groups is 6. The van der Waals surface area contributed by atoms with Crippen LogP contribution in [0.25, 0.3) is 0 Å². The second-order valence-electron chi connectivity index (χ2n) is 7.80. The summed E-state index contributed by atoms with van der Waals surface area (Å²) in [5.41, 5.74) is 0. The molecule has 0 fully saturated rings. The molecule has 2 atom stereocenters. The highest BCUT2D eigenvalue weighted by molar-refractivity contribution is 6.12. The number of imide groups is 1. The smallest absolute Gasteiger partial charge is 0.253 e. The molecule has 0 aromatic heterocycles. The van der Waals surface area contributed by atoms with Gasteiger partial charge in [0.25, 0.3) is 11.8 Å². The molecule has 1 aliphatic rings. The Hall–Kier alpha value is -3.04. The van der Waals surface area contributed by atoms with Crippen molar-refractivity contribution in [1.82, 2.24) is 20.9 Å². The molecule has 1 heterocycles. The molecule has 0 spiro atoms.